The van der Waals surface area contributed by atoms with Crippen LogP contribution in [-0.2, 0) is 14.9 Å². The van der Waals surface area contributed by atoms with Crippen LogP contribution in [0.1, 0.15) is 51.8 Å². The lowest BCUT2D eigenvalue weighted by Crippen LogP contribution is -2.17. The smallest absolute Gasteiger partial charge is 0.412 e. The van der Waals surface area contributed by atoms with E-state index in [1.165, 1.54) is 22.9 Å². The van der Waals surface area contributed by atoms with Crippen molar-refractivity contribution in [1.29, 1.82) is 0 Å². The van der Waals surface area contributed by atoms with Crippen LogP contribution in [-0.4, -0.2) is 21.5 Å². The highest BCUT2D eigenvalue weighted by Gasteiger charge is 2.53. The molecule has 2 N–H and O–H groups in total. The van der Waals surface area contributed by atoms with Crippen LogP contribution in [0.25, 0.3) is 9.40 Å². The van der Waals surface area contributed by atoms with Crippen LogP contribution in [0.4, 0.5) is 10.5 Å². The lowest BCUT2D eigenvalue weighted by Gasteiger charge is -2.14. The molecule has 0 saturated heterocycles. The fraction of sp³-hybridized carbons (Fsp3) is 0.240. The molecule has 0 bridgehead atoms. The van der Waals surface area contributed by atoms with Gasteiger partial charge < -0.3 is 9.84 Å². The summed E-state index contributed by atoms with van der Waals surface area (Å²) < 4.78 is 11.9. The molecule has 5 rings (SSSR count). The number of amides is 1. The molecule has 172 valence electrons. The third-order valence-corrected chi connectivity index (χ3v) is 9.05. The van der Waals surface area contributed by atoms with Crippen molar-refractivity contribution in [2.24, 2.45) is 0 Å². The van der Waals surface area contributed by atoms with Crippen molar-refractivity contribution in [2.45, 2.75) is 38.2 Å². The number of anilines is 1. The number of aryl methyl sites for hydroxylation is 1. The average Bonchev–Trinajstić information content (AvgIpc) is 3.26. The molecule has 1 amide bonds. The molecule has 0 unspecified atom stereocenters. The standard InChI is InChI=1S/C25H20N2O4S3/c1-14-22(26-24(30)31-15(2)16-6-4-3-5-7-16)18(34-27-14)9-8-17-12-19-20(32-17)13-21(33-19)25(10-11-25)23(28)29/h3-7,12-13,15H,10-11H2,1-2H3,(H,26,30)(H,28,29)/t15-/m1/s1. The minimum Gasteiger partial charge on any atom is -0.481 e. The van der Waals surface area contributed by atoms with Crippen LogP contribution in [0.3, 0.4) is 0 Å². The van der Waals surface area contributed by atoms with E-state index in [-0.39, 0.29) is 6.10 Å². The number of benzene rings is 1. The molecule has 4 aromatic rings. The Bertz CT molecular complexity index is 1420. The van der Waals surface area contributed by atoms with Gasteiger partial charge in [-0.2, -0.15) is 4.37 Å². The molecule has 3 aromatic heterocycles. The number of ether oxygens (including phenoxy) is 1. The minimum absolute atomic E-state index is 0.387. The Hall–Kier alpha value is -3.19. The zero-order valence-corrected chi connectivity index (χ0v) is 20.8. The molecule has 0 spiro atoms. The second-order valence-corrected chi connectivity index (χ2v) is 11.1. The number of nitrogens with zero attached hydrogens (tertiary/aromatic N) is 1. The fourth-order valence-corrected chi connectivity index (χ4v) is 6.82. The van der Waals surface area contributed by atoms with Gasteiger partial charge in [0.2, 0.25) is 0 Å². The molecule has 0 radical (unpaired) electrons. The first-order valence-electron chi connectivity index (χ1n) is 10.6. The zero-order chi connectivity index (χ0) is 23.9. The van der Waals surface area contributed by atoms with Crippen molar-refractivity contribution in [3.05, 3.63) is 68.4 Å². The van der Waals surface area contributed by atoms with Crippen LogP contribution >= 0.6 is 34.2 Å². The quantitative estimate of drug-likeness (QED) is 0.298. The number of thiophene rings is 2. The van der Waals surface area contributed by atoms with Crippen LogP contribution in [0.15, 0.2) is 42.5 Å². The topological polar surface area (TPSA) is 88.5 Å². The Morgan fingerprint density at radius 2 is 1.88 bits per heavy atom. The van der Waals surface area contributed by atoms with Crippen molar-refractivity contribution in [1.82, 2.24) is 4.37 Å². The van der Waals surface area contributed by atoms with E-state index in [2.05, 4.69) is 21.5 Å². The van der Waals surface area contributed by atoms with E-state index in [0.717, 1.165) is 24.7 Å². The Labute approximate surface area is 208 Å². The number of carbonyl (C=O) groups is 2. The fourth-order valence-electron chi connectivity index (χ4n) is 3.63. The molecule has 1 aliphatic carbocycles. The molecular weight excluding hydrogens is 488 g/mol. The van der Waals surface area contributed by atoms with Gasteiger partial charge in [0, 0.05) is 14.3 Å². The number of aliphatic carboxylic acids is 1. The highest BCUT2D eigenvalue weighted by atomic mass is 32.1. The van der Waals surface area contributed by atoms with E-state index in [9.17, 15) is 14.7 Å². The van der Waals surface area contributed by atoms with Gasteiger partial charge in [0.15, 0.2) is 0 Å². The number of carboxylic acids is 1. The van der Waals surface area contributed by atoms with Gasteiger partial charge in [-0.25, -0.2) is 4.79 Å². The monoisotopic (exact) mass is 508 g/mol. The van der Waals surface area contributed by atoms with Crippen LogP contribution in [0.5, 0.6) is 0 Å². The Balaban J connectivity index is 1.30. The summed E-state index contributed by atoms with van der Waals surface area (Å²) in [5.41, 5.74) is 1.47. The van der Waals surface area contributed by atoms with Gasteiger partial charge in [-0.3, -0.25) is 10.1 Å². The summed E-state index contributed by atoms with van der Waals surface area (Å²) in [5.74, 6) is 5.55. The van der Waals surface area contributed by atoms with Crippen molar-refractivity contribution in [3.8, 4) is 11.8 Å². The largest absolute Gasteiger partial charge is 0.481 e. The van der Waals surface area contributed by atoms with Crippen LogP contribution < -0.4 is 5.32 Å². The normalized spacial score (nSPS) is 14.8. The predicted molar refractivity (Wildman–Crippen MR) is 136 cm³/mol. The molecule has 1 aliphatic rings. The van der Waals surface area contributed by atoms with E-state index < -0.39 is 17.5 Å². The summed E-state index contributed by atoms with van der Waals surface area (Å²) in [6, 6.07) is 13.5. The highest BCUT2D eigenvalue weighted by molar-refractivity contribution is 7.28. The number of hydrogen-bond acceptors (Lipinski definition) is 7. The van der Waals surface area contributed by atoms with Crippen LogP contribution in [0.2, 0.25) is 0 Å². The second kappa shape index (κ2) is 8.87. The van der Waals surface area contributed by atoms with E-state index >= 15 is 0 Å². The number of rotatable bonds is 5. The van der Waals surface area contributed by atoms with Crippen molar-refractivity contribution < 1.29 is 19.4 Å². The van der Waals surface area contributed by atoms with Crippen LogP contribution in [0, 0.1) is 18.8 Å². The predicted octanol–water partition coefficient (Wildman–Crippen LogP) is 6.55. The first kappa shape index (κ1) is 22.6. The van der Waals surface area contributed by atoms with E-state index in [0.29, 0.717) is 29.1 Å². The molecule has 1 aromatic carbocycles. The molecule has 1 fully saturated rings. The van der Waals surface area contributed by atoms with E-state index in [1.807, 2.05) is 56.3 Å². The second-order valence-electron chi connectivity index (χ2n) is 8.14. The summed E-state index contributed by atoms with van der Waals surface area (Å²) in [6.07, 6.45) is 0.466. The van der Waals surface area contributed by atoms with Gasteiger partial charge in [0.25, 0.3) is 0 Å². The maximum absolute atomic E-state index is 12.5. The molecular formula is C25H20N2O4S3. The molecule has 1 saturated carbocycles. The summed E-state index contributed by atoms with van der Waals surface area (Å²) in [4.78, 5) is 26.5. The summed E-state index contributed by atoms with van der Waals surface area (Å²) in [5, 5.41) is 12.3. The molecule has 0 aliphatic heterocycles. The van der Waals surface area contributed by atoms with Gasteiger partial charge in [-0.15, -0.1) is 22.7 Å². The lowest BCUT2D eigenvalue weighted by molar-refractivity contribution is -0.139. The lowest BCUT2D eigenvalue weighted by atomic mass is 10.1. The van der Waals surface area contributed by atoms with Gasteiger partial charge >= 0.3 is 12.1 Å². The number of fused-ring (bicyclic) bond motifs is 1. The number of nitrogens with one attached hydrogen (secondary N) is 1. The summed E-state index contributed by atoms with van der Waals surface area (Å²) >= 11 is 4.30. The van der Waals surface area contributed by atoms with Gasteiger partial charge in [0.1, 0.15) is 16.4 Å². The number of hydrogen-bond donors (Lipinski definition) is 2. The molecule has 34 heavy (non-hydrogen) atoms. The third kappa shape index (κ3) is 4.32. The van der Waals surface area contributed by atoms with E-state index in [1.54, 1.807) is 11.3 Å². The Morgan fingerprint density at radius 1 is 1.15 bits per heavy atom. The summed E-state index contributed by atoms with van der Waals surface area (Å²) in [6.45, 7) is 3.64. The maximum atomic E-state index is 12.5. The third-order valence-electron chi connectivity index (χ3n) is 5.78. The van der Waals surface area contributed by atoms with Crippen molar-refractivity contribution in [2.75, 3.05) is 5.32 Å². The van der Waals surface area contributed by atoms with Gasteiger partial charge in [-0.1, -0.05) is 30.3 Å². The minimum atomic E-state index is -0.737. The first-order valence-corrected chi connectivity index (χ1v) is 13.0. The van der Waals surface area contributed by atoms with Crippen molar-refractivity contribution in [3.63, 3.8) is 0 Å². The average molecular weight is 509 g/mol. The number of aromatic nitrogens is 1. The van der Waals surface area contributed by atoms with Crippen molar-refractivity contribution >= 4 is 61.4 Å². The summed E-state index contributed by atoms with van der Waals surface area (Å²) in [7, 11) is 0. The van der Waals surface area contributed by atoms with E-state index in [4.69, 9.17) is 4.74 Å². The highest BCUT2D eigenvalue weighted by Crippen LogP contribution is 2.52. The molecule has 6 nitrogen and oxygen atoms in total. The maximum Gasteiger partial charge on any atom is 0.412 e. The molecule has 3 heterocycles. The number of carbonyl (C=O) groups excluding carboxylic acids is 1. The number of carboxylic acid groups (broad SMARTS) is 1. The molecule has 1 atom stereocenters. The first-order chi connectivity index (χ1) is 16.4. The Kier molecular flexibility index (Phi) is 5.90. The zero-order valence-electron chi connectivity index (χ0n) is 18.4. The van der Waals surface area contributed by atoms with Gasteiger partial charge in [-0.05, 0) is 67.8 Å². The van der Waals surface area contributed by atoms with Gasteiger partial charge in [0.05, 0.1) is 16.3 Å². The molecule has 9 heteroatoms. The Morgan fingerprint density at radius 3 is 2.56 bits per heavy atom. The SMILES string of the molecule is Cc1nsc(C#Cc2cc3sc(C4(C(=O)O)CC4)cc3s2)c1NC(=O)O[C@H](C)c1ccccc1.